The van der Waals surface area contributed by atoms with Crippen LogP contribution in [0.15, 0.2) is 32.5 Å². The topological polar surface area (TPSA) is 151 Å². The van der Waals surface area contributed by atoms with Gasteiger partial charge in [0, 0.05) is 12.2 Å². The molecule has 0 unspecified atom stereocenters. The SMILES string of the molecule is CS(=O)(=O)NOCCNc1nonc1/C(=N/O)Nc1ccc(F)c(Br)c1. The number of amidine groups is 1. The molecule has 4 N–H and O–H groups in total. The van der Waals surface area contributed by atoms with Gasteiger partial charge in [0.25, 0.3) is 0 Å². The number of benzene rings is 1. The molecule has 0 radical (unpaired) electrons. The minimum absolute atomic E-state index is 0.0245. The Hall–Kier alpha value is -2.29. The van der Waals surface area contributed by atoms with Crippen LogP contribution >= 0.6 is 15.9 Å². The van der Waals surface area contributed by atoms with E-state index in [1.165, 1.54) is 18.2 Å². The first-order valence-electron chi connectivity index (χ1n) is 6.89. The normalized spacial score (nSPS) is 12.2. The molecule has 0 fully saturated rings. The fourth-order valence-corrected chi connectivity index (χ4v) is 2.35. The van der Waals surface area contributed by atoms with Crippen molar-refractivity contribution < 1.29 is 27.5 Å². The summed E-state index contributed by atoms with van der Waals surface area (Å²) < 4.78 is 39.8. The van der Waals surface area contributed by atoms with Crippen LogP contribution in [0.1, 0.15) is 5.69 Å². The molecule has 0 bridgehead atoms. The predicted octanol–water partition coefficient (Wildman–Crippen LogP) is 1.11. The average molecular weight is 453 g/mol. The van der Waals surface area contributed by atoms with Crippen LogP contribution < -0.4 is 15.5 Å². The molecule has 0 saturated carbocycles. The number of nitrogens with zero attached hydrogens (tertiary/aromatic N) is 3. The molecule has 0 aliphatic carbocycles. The van der Waals surface area contributed by atoms with Crippen molar-refractivity contribution in [2.45, 2.75) is 0 Å². The number of halogens is 2. The highest BCUT2D eigenvalue weighted by Crippen LogP contribution is 2.21. The summed E-state index contributed by atoms with van der Waals surface area (Å²) in [6.45, 7) is 0.119. The summed E-state index contributed by atoms with van der Waals surface area (Å²) in [5, 5.41) is 25.0. The molecule has 142 valence electrons. The predicted molar refractivity (Wildman–Crippen MR) is 92.8 cm³/mol. The van der Waals surface area contributed by atoms with E-state index in [2.05, 4.69) is 46.7 Å². The van der Waals surface area contributed by atoms with E-state index in [1.807, 2.05) is 4.89 Å². The summed E-state index contributed by atoms with van der Waals surface area (Å²) in [7, 11) is -3.46. The van der Waals surface area contributed by atoms with E-state index < -0.39 is 15.8 Å². The molecule has 1 heterocycles. The second kappa shape index (κ2) is 8.88. The Kier molecular flexibility index (Phi) is 6.84. The number of sulfonamides is 1. The van der Waals surface area contributed by atoms with Crippen molar-refractivity contribution in [3.8, 4) is 0 Å². The molecule has 1 aromatic carbocycles. The maximum Gasteiger partial charge on any atom is 0.230 e. The van der Waals surface area contributed by atoms with Crippen molar-refractivity contribution in [1.29, 1.82) is 0 Å². The van der Waals surface area contributed by atoms with Crippen LogP contribution in [0.3, 0.4) is 0 Å². The number of nitrogens with one attached hydrogen (secondary N) is 3. The van der Waals surface area contributed by atoms with E-state index >= 15 is 0 Å². The van der Waals surface area contributed by atoms with Gasteiger partial charge in [0.05, 0.1) is 17.3 Å². The van der Waals surface area contributed by atoms with Crippen LogP contribution in [0.2, 0.25) is 0 Å². The lowest BCUT2D eigenvalue weighted by Crippen LogP contribution is -2.25. The molecule has 0 amide bonds. The third kappa shape index (κ3) is 5.91. The first kappa shape index (κ1) is 20.0. The highest BCUT2D eigenvalue weighted by Gasteiger charge is 2.18. The first-order valence-corrected chi connectivity index (χ1v) is 9.58. The van der Waals surface area contributed by atoms with Crippen LogP contribution in [-0.4, -0.2) is 49.2 Å². The summed E-state index contributed by atoms with van der Waals surface area (Å²) in [5.41, 5.74) is 0.463. The largest absolute Gasteiger partial charge is 0.409 e. The van der Waals surface area contributed by atoms with Crippen LogP contribution in [0.5, 0.6) is 0 Å². The maximum atomic E-state index is 13.3. The summed E-state index contributed by atoms with van der Waals surface area (Å²) in [6.07, 6.45) is 0.948. The first-order chi connectivity index (χ1) is 12.3. The van der Waals surface area contributed by atoms with E-state index in [0.717, 1.165) is 6.26 Å². The van der Waals surface area contributed by atoms with Gasteiger partial charge in [0.1, 0.15) is 5.82 Å². The highest BCUT2D eigenvalue weighted by atomic mass is 79.9. The Balaban J connectivity index is 1.99. The van der Waals surface area contributed by atoms with Crippen LogP contribution in [0.25, 0.3) is 0 Å². The third-order valence-electron chi connectivity index (χ3n) is 2.70. The summed E-state index contributed by atoms with van der Waals surface area (Å²) in [5.74, 6) is -0.442. The Morgan fingerprint density at radius 2 is 2.23 bits per heavy atom. The zero-order chi connectivity index (χ0) is 19.2. The average Bonchev–Trinajstić information content (AvgIpc) is 3.03. The molecular weight excluding hydrogens is 439 g/mol. The fraction of sp³-hybridized carbons (Fsp3) is 0.250. The van der Waals surface area contributed by atoms with Crippen molar-refractivity contribution in [2.24, 2.45) is 5.16 Å². The Morgan fingerprint density at radius 3 is 2.88 bits per heavy atom. The van der Waals surface area contributed by atoms with E-state index in [1.54, 1.807) is 0 Å². The van der Waals surface area contributed by atoms with Crippen molar-refractivity contribution >= 4 is 43.3 Å². The molecule has 11 nitrogen and oxygen atoms in total. The van der Waals surface area contributed by atoms with Gasteiger partial charge in [-0.05, 0) is 44.4 Å². The molecule has 2 aromatic rings. The maximum absolute atomic E-state index is 13.3. The number of anilines is 2. The molecule has 1 aromatic heterocycles. The van der Waals surface area contributed by atoms with Gasteiger partial charge in [-0.2, -0.15) is 0 Å². The summed E-state index contributed by atoms with van der Waals surface area (Å²) >= 11 is 3.05. The minimum Gasteiger partial charge on any atom is -0.409 e. The Bertz CT molecular complexity index is 890. The molecule has 26 heavy (non-hydrogen) atoms. The number of rotatable bonds is 8. The van der Waals surface area contributed by atoms with Gasteiger partial charge < -0.3 is 15.8 Å². The lowest BCUT2D eigenvalue weighted by Gasteiger charge is -2.08. The Morgan fingerprint density at radius 1 is 1.46 bits per heavy atom. The molecule has 0 saturated heterocycles. The number of aromatic nitrogens is 2. The lowest BCUT2D eigenvalue weighted by atomic mass is 10.3. The van der Waals surface area contributed by atoms with Gasteiger partial charge in [0.15, 0.2) is 5.69 Å². The fourth-order valence-electron chi connectivity index (χ4n) is 1.67. The second-order valence-corrected chi connectivity index (χ2v) is 7.36. The van der Waals surface area contributed by atoms with Gasteiger partial charge in [-0.3, -0.25) is 4.84 Å². The van der Waals surface area contributed by atoms with Gasteiger partial charge in [-0.15, -0.1) is 0 Å². The van der Waals surface area contributed by atoms with E-state index in [9.17, 15) is 18.0 Å². The van der Waals surface area contributed by atoms with E-state index in [-0.39, 0.29) is 35.0 Å². The molecule has 14 heteroatoms. The molecule has 0 atom stereocenters. The van der Waals surface area contributed by atoms with Crippen LogP contribution in [0.4, 0.5) is 15.9 Å². The monoisotopic (exact) mass is 452 g/mol. The van der Waals surface area contributed by atoms with E-state index in [4.69, 9.17) is 4.84 Å². The van der Waals surface area contributed by atoms with Crippen LogP contribution in [0, 0.1) is 5.82 Å². The van der Waals surface area contributed by atoms with Crippen LogP contribution in [-0.2, 0) is 14.9 Å². The van der Waals surface area contributed by atoms with Gasteiger partial charge in [-0.25, -0.2) is 17.4 Å². The highest BCUT2D eigenvalue weighted by molar-refractivity contribution is 9.10. The lowest BCUT2D eigenvalue weighted by molar-refractivity contribution is 0.103. The van der Waals surface area contributed by atoms with E-state index in [0.29, 0.717) is 5.69 Å². The summed E-state index contributed by atoms with van der Waals surface area (Å²) in [4.78, 5) is 6.58. The number of hydrogen-bond donors (Lipinski definition) is 4. The van der Waals surface area contributed by atoms with Gasteiger partial charge >= 0.3 is 0 Å². The standard InChI is InChI=1S/C12H14BrFN6O5S/c1-26(22,23)20-24-5-4-15-11-10(18-25-19-11)12(17-21)16-7-2-3-9(14)8(13)6-7/h2-3,6,20-21H,4-5H2,1H3,(H,15,19)(H,16,17). The van der Waals surface area contributed by atoms with Gasteiger partial charge in [-0.1, -0.05) is 10.0 Å². The van der Waals surface area contributed by atoms with Crippen molar-refractivity contribution in [2.75, 3.05) is 30.0 Å². The molecule has 2 rings (SSSR count). The molecule has 0 aliphatic rings. The molecule has 0 aliphatic heterocycles. The van der Waals surface area contributed by atoms with Crippen molar-refractivity contribution in [1.82, 2.24) is 15.2 Å². The second-order valence-electron chi connectivity index (χ2n) is 4.79. The minimum atomic E-state index is -3.46. The summed E-state index contributed by atoms with van der Waals surface area (Å²) in [6, 6.07) is 4.08. The van der Waals surface area contributed by atoms with Gasteiger partial charge in [0.2, 0.25) is 21.7 Å². The molecule has 0 spiro atoms. The quantitative estimate of drug-likeness (QED) is 0.152. The third-order valence-corrected chi connectivity index (χ3v) is 3.73. The number of oxime groups is 1. The van der Waals surface area contributed by atoms with Crippen molar-refractivity contribution in [3.05, 3.63) is 34.2 Å². The zero-order valence-corrected chi connectivity index (χ0v) is 15.6. The molecular formula is C12H14BrFN6O5S. The number of hydrogen-bond acceptors (Lipinski definition) is 9. The van der Waals surface area contributed by atoms with Crippen molar-refractivity contribution in [3.63, 3.8) is 0 Å². The zero-order valence-electron chi connectivity index (χ0n) is 13.2. The Labute approximate surface area is 155 Å². The smallest absolute Gasteiger partial charge is 0.230 e.